The van der Waals surface area contributed by atoms with Crippen molar-refractivity contribution in [2.75, 3.05) is 0 Å². The Hall–Kier alpha value is -0.850. The Morgan fingerprint density at radius 2 is 2.12 bits per heavy atom. The van der Waals surface area contributed by atoms with Crippen LogP contribution in [0.5, 0.6) is 0 Å². The molecule has 1 aromatic heterocycles. The zero-order valence-corrected chi connectivity index (χ0v) is 11.5. The highest BCUT2D eigenvalue weighted by Crippen LogP contribution is 2.23. The summed E-state index contributed by atoms with van der Waals surface area (Å²) in [6.07, 6.45) is -0.714. The highest BCUT2D eigenvalue weighted by atomic mass is 79.9. The maximum atomic E-state index is 9.24. The van der Waals surface area contributed by atoms with Crippen LogP contribution in [0.15, 0.2) is 38.2 Å². The molecule has 0 aliphatic heterocycles. The molecule has 1 atom stereocenters. The number of aliphatic hydroxyl groups is 1. The molecule has 0 radical (unpaired) electrons. The third-order valence-corrected chi connectivity index (χ3v) is 3.56. The average molecular weight is 315 g/mol. The van der Waals surface area contributed by atoms with E-state index in [0.29, 0.717) is 11.6 Å². The van der Waals surface area contributed by atoms with Crippen LogP contribution in [0.1, 0.15) is 24.7 Å². The van der Waals surface area contributed by atoms with Crippen LogP contribution < -0.4 is 0 Å². The number of thioether (sulfide) groups is 1. The van der Waals surface area contributed by atoms with E-state index in [1.165, 1.54) is 0 Å². The van der Waals surface area contributed by atoms with Crippen molar-refractivity contribution in [2.24, 2.45) is 0 Å². The summed E-state index contributed by atoms with van der Waals surface area (Å²) in [5, 5.41) is 13.0. The Labute approximate surface area is 112 Å². The van der Waals surface area contributed by atoms with Crippen LogP contribution in [0.4, 0.5) is 0 Å². The monoisotopic (exact) mass is 314 g/mol. The molecular weight excluding hydrogens is 304 g/mol. The molecule has 0 aliphatic carbocycles. The number of hydrogen-bond acceptors (Lipinski definition) is 5. The van der Waals surface area contributed by atoms with Crippen LogP contribution in [0.2, 0.25) is 0 Å². The van der Waals surface area contributed by atoms with Gasteiger partial charge in [0.05, 0.1) is 5.75 Å². The first-order chi connectivity index (χ1) is 8.15. The molecule has 2 rings (SSSR count). The molecule has 90 valence electrons. The SMILES string of the molecule is CC(O)c1nc(CSc2ccc(Br)cc2)no1. The lowest BCUT2D eigenvalue weighted by Crippen LogP contribution is -1.91. The standard InChI is InChI=1S/C11H11BrN2O2S/c1-7(15)11-13-10(14-16-11)6-17-9-4-2-8(12)3-5-9/h2-5,7,15H,6H2,1H3. The highest BCUT2D eigenvalue weighted by Gasteiger charge is 2.11. The van der Waals surface area contributed by atoms with Gasteiger partial charge in [0.1, 0.15) is 6.10 Å². The van der Waals surface area contributed by atoms with Gasteiger partial charge in [-0.2, -0.15) is 4.98 Å². The predicted octanol–water partition coefficient (Wildman–Crippen LogP) is 3.18. The first-order valence-electron chi connectivity index (χ1n) is 5.04. The van der Waals surface area contributed by atoms with Crippen molar-refractivity contribution in [1.82, 2.24) is 10.1 Å². The summed E-state index contributed by atoms with van der Waals surface area (Å²) in [7, 11) is 0. The number of nitrogens with zero attached hydrogens (tertiary/aromatic N) is 2. The molecule has 0 aliphatic rings. The lowest BCUT2D eigenvalue weighted by molar-refractivity contribution is 0.151. The van der Waals surface area contributed by atoms with Crippen molar-refractivity contribution >= 4 is 27.7 Å². The van der Waals surface area contributed by atoms with Crippen molar-refractivity contribution in [3.8, 4) is 0 Å². The highest BCUT2D eigenvalue weighted by molar-refractivity contribution is 9.10. The summed E-state index contributed by atoms with van der Waals surface area (Å²) in [4.78, 5) is 5.22. The van der Waals surface area contributed by atoms with E-state index in [1.54, 1.807) is 18.7 Å². The molecular formula is C11H11BrN2O2S. The minimum atomic E-state index is -0.714. The van der Waals surface area contributed by atoms with E-state index in [0.717, 1.165) is 9.37 Å². The third-order valence-electron chi connectivity index (χ3n) is 2.02. The van der Waals surface area contributed by atoms with E-state index in [-0.39, 0.29) is 5.89 Å². The van der Waals surface area contributed by atoms with Gasteiger partial charge in [-0.15, -0.1) is 11.8 Å². The smallest absolute Gasteiger partial charge is 0.255 e. The van der Waals surface area contributed by atoms with Gasteiger partial charge in [-0.3, -0.25) is 0 Å². The normalized spacial score (nSPS) is 12.6. The number of halogens is 1. The number of rotatable bonds is 4. The molecule has 0 fully saturated rings. The first kappa shape index (κ1) is 12.6. The molecule has 0 spiro atoms. The van der Waals surface area contributed by atoms with Gasteiger partial charge in [0.2, 0.25) is 0 Å². The van der Waals surface area contributed by atoms with Crippen LogP contribution in [0, 0.1) is 0 Å². The van der Waals surface area contributed by atoms with Gasteiger partial charge >= 0.3 is 0 Å². The van der Waals surface area contributed by atoms with E-state index in [2.05, 4.69) is 26.1 Å². The zero-order valence-electron chi connectivity index (χ0n) is 9.13. The zero-order chi connectivity index (χ0) is 12.3. The van der Waals surface area contributed by atoms with Gasteiger partial charge in [-0.05, 0) is 31.2 Å². The van der Waals surface area contributed by atoms with Crippen molar-refractivity contribution < 1.29 is 9.63 Å². The fourth-order valence-corrected chi connectivity index (χ4v) is 2.18. The van der Waals surface area contributed by atoms with Crippen molar-refractivity contribution in [3.63, 3.8) is 0 Å². The Bertz CT molecular complexity index is 484. The molecule has 1 aromatic carbocycles. The maximum absolute atomic E-state index is 9.24. The summed E-state index contributed by atoms with van der Waals surface area (Å²) in [6, 6.07) is 8.01. The maximum Gasteiger partial charge on any atom is 0.255 e. The van der Waals surface area contributed by atoms with Crippen LogP contribution >= 0.6 is 27.7 Å². The van der Waals surface area contributed by atoms with Gasteiger partial charge in [0, 0.05) is 9.37 Å². The molecule has 0 saturated carbocycles. The second-order valence-electron chi connectivity index (χ2n) is 3.47. The second-order valence-corrected chi connectivity index (χ2v) is 5.43. The molecule has 0 amide bonds. The van der Waals surface area contributed by atoms with E-state index in [1.807, 2.05) is 24.3 Å². The molecule has 0 bridgehead atoms. The van der Waals surface area contributed by atoms with Gasteiger partial charge in [-0.1, -0.05) is 21.1 Å². The van der Waals surface area contributed by atoms with E-state index in [9.17, 15) is 5.11 Å². The largest absolute Gasteiger partial charge is 0.384 e. The lowest BCUT2D eigenvalue weighted by atomic mass is 10.4. The Kier molecular flexibility index (Phi) is 4.20. The van der Waals surface area contributed by atoms with Gasteiger partial charge in [0.15, 0.2) is 5.82 Å². The summed E-state index contributed by atoms with van der Waals surface area (Å²) in [6.45, 7) is 1.60. The van der Waals surface area contributed by atoms with Crippen molar-refractivity contribution in [1.29, 1.82) is 0 Å². The quantitative estimate of drug-likeness (QED) is 0.878. The van der Waals surface area contributed by atoms with Crippen LogP contribution in [-0.4, -0.2) is 15.2 Å². The van der Waals surface area contributed by atoms with Crippen molar-refractivity contribution in [3.05, 3.63) is 40.5 Å². The number of aromatic nitrogens is 2. The van der Waals surface area contributed by atoms with Crippen LogP contribution in [0.25, 0.3) is 0 Å². The second kappa shape index (κ2) is 5.66. The Balaban J connectivity index is 1.95. The average Bonchev–Trinajstić information content (AvgIpc) is 2.77. The molecule has 4 nitrogen and oxygen atoms in total. The number of hydrogen-bond donors (Lipinski definition) is 1. The molecule has 0 saturated heterocycles. The molecule has 1 heterocycles. The van der Waals surface area contributed by atoms with E-state index >= 15 is 0 Å². The molecule has 17 heavy (non-hydrogen) atoms. The van der Waals surface area contributed by atoms with Gasteiger partial charge in [0.25, 0.3) is 5.89 Å². The molecule has 6 heteroatoms. The fraction of sp³-hybridized carbons (Fsp3) is 0.273. The first-order valence-corrected chi connectivity index (χ1v) is 6.82. The molecule has 2 aromatic rings. The van der Waals surface area contributed by atoms with Gasteiger partial charge < -0.3 is 9.63 Å². The van der Waals surface area contributed by atoms with E-state index in [4.69, 9.17) is 4.52 Å². The topological polar surface area (TPSA) is 59.2 Å². The number of benzene rings is 1. The van der Waals surface area contributed by atoms with Crippen LogP contribution in [0.3, 0.4) is 0 Å². The Morgan fingerprint density at radius 1 is 1.41 bits per heavy atom. The molecule has 1 N–H and O–H groups in total. The summed E-state index contributed by atoms with van der Waals surface area (Å²) >= 11 is 5.00. The van der Waals surface area contributed by atoms with Crippen molar-refractivity contribution in [2.45, 2.75) is 23.7 Å². The summed E-state index contributed by atoms with van der Waals surface area (Å²) in [5.41, 5.74) is 0. The fourth-order valence-electron chi connectivity index (χ4n) is 1.17. The van der Waals surface area contributed by atoms with Crippen LogP contribution in [-0.2, 0) is 5.75 Å². The minimum Gasteiger partial charge on any atom is -0.384 e. The lowest BCUT2D eigenvalue weighted by Gasteiger charge is -1.98. The predicted molar refractivity (Wildman–Crippen MR) is 68.6 cm³/mol. The third kappa shape index (κ3) is 3.55. The summed E-state index contributed by atoms with van der Waals surface area (Å²) < 4.78 is 5.96. The van der Waals surface area contributed by atoms with Gasteiger partial charge in [-0.25, -0.2) is 0 Å². The minimum absolute atomic E-state index is 0.261. The number of aliphatic hydroxyl groups excluding tert-OH is 1. The Morgan fingerprint density at radius 3 is 2.71 bits per heavy atom. The summed E-state index contributed by atoms with van der Waals surface area (Å²) in [5.74, 6) is 1.47. The van der Waals surface area contributed by atoms with E-state index < -0.39 is 6.10 Å². The molecule has 1 unspecified atom stereocenters.